The maximum atomic E-state index is 13.2. The average Bonchev–Trinajstić information content (AvgIpc) is 2.33. The highest BCUT2D eigenvalue weighted by atomic mass is 79.9. The Morgan fingerprint density at radius 1 is 1.32 bits per heavy atom. The van der Waals surface area contributed by atoms with E-state index in [0.29, 0.717) is 5.56 Å². The number of aliphatic hydroxyl groups excluding tert-OH is 1. The van der Waals surface area contributed by atoms with Crippen molar-refractivity contribution in [1.29, 1.82) is 0 Å². The van der Waals surface area contributed by atoms with Crippen LogP contribution >= 0.6 is 15.9 Å². The molecule has 0 aromatic heterocycles. The number of ether oxygens (including phenoxy) is 1. The number of rotatable bonds is 5. The molecule has 1 amide bonds. The van der Waals surface area contributed by atoms with Crippen LogP contribution in [0.4, 0.5) is 13.6 Å². The summed E-state index contributed by atoms with van der Waals surface area (Å²) in [6, 6.07) is 2.35. The number of nitrogens with one attached hydrogen (secondary N) is 1. The number of alkyl carbamates (subject to hydrolysis) is 1. The van der Waals surface area contributed by atoms with Crippen LogP contribution in [0.1, 0.15) is 26.3 Å². The molecule has 1 aromatic rings. The number of alkyl halides is 1. The zero-order chi connectivity index (χ0) is 16.9. The van der Waals surface area contributed by atoms with E-state index in [1.165, 1.54) is 0 Å². The summed E-state index contributed by atoms with van der Waals surface area (Å²) in [5.74, 6) is -1.42. The zero-order valence-electron chi connectivity index (χ0n) is 12.7. The van der Waals surface area contributed by atoms with Crippen LogP contribution < -0.4 is 5.32 Å². The van der Waals surface area contributed by atoms with Gasteiger partial charge in [-0.25, -0.2) is 13.6 Å². The van der Waals surface area contributed by atoms with Gasteiger partial charge in [0.05, 0.1) is 12.1 Å². The van der Waals surface area contributed by atoms with Crippen molar-refractivity contribution in [3.05, 3.63) is 35.4 Å². The quantitative estimate of drug-likeness (QED) is 0.772. The van der Waals surface area contributed by atoms with Gasteiger partial charge in [0.1, 0.15) is 17.2 Å². The summed E-state index contributed by atoms with van der Waals surface area (Å²) < 4.78 is 31.6. The highest BCUT2D eigenvalue weighted by molar-refractivity contribution is 9.09. The van der Waals surface area contributed by atoms with E-state index in [0.717, 1.165) is 18.2 Å². The van der Waals surface area contributed by atoms with Gasteiger partial charge in [-0.1, -0.05) is 15.9 Å². The zero-order valence-corrected chi connectivity index (χ0v) is 14.3. The van der Waals surface area contributed by atoms with Crippen LogP contribution in [0.15, 0.2) is 18.2 Å². The molecule has 2 N–H and O–H groups in total. The molecule has 22 heavy (non-hydrogen) atoms. The number of carbonyl (C=O) groups excluding carboxylic acids is 1. The largest absolute Gasteiger partial charge is 0.444 e. The molecule has 4 nitrogen and oxygen atoms in total. The number of hydrogen-bond acceptors (Lipinski definition) is 3. The van der Waals surface area contributed by atoms with Crippen LogP contribution in [0.5, 0.6) is 0 Å². The predicted octanol–water partition coefficient (Wildman–Crippen LogP) is 3.16. The Balaban J connectivity index is 2.82. The number of carbonyl (C=O) groups is 1. The number of hydrogen-bond donors (Lipinski definition) is 2. The number of aliphatic hydroxyl groups is 1. The molecular formula is C15H20BrF2NO3. The minimum absolute atomic E-state index is 0.0701. The molecule has 1 rings (SSSR count). The van der Waals surface area contributed by atoms with Gasteiger partial charge in [-0.2, -0.15) is 0 Å². The monoisotopic (exact) mass is 379 g/mol. The summed E-state index contributed by atoms with van der Waals surface area (Å²) in [7, 11) is 0. The first-order valence-corrected chi connectivity index (χ1v) is 7.91. The molecule has 1 aromatic carbocycles. The van der Waals surface area contributed by atoms with Gasteiger partial charge in [-0.15, -0.1) is 0 Å². The van der Waals surface area contributed by atoms with E-state index in [1.807, 2.05) is 0 Å². The van der Waals surface area contributed by atoms with Gasteiger partial charge in [-0.3, -0.25) is 0 Å². The first-order valence-electron chi connectivity index (χ1n) is 6.79. The summed E-state index contributed by atoms with van der Waals surface area (Å²) in [6.45, 7) is 5.14. The lowest BCUT2D eigenvalue weighted by atomic mass is 10.0. The molecule has 0 heterocycles. The van der Waals surface area contributed by atoms with Crippen LogP contribution in [-0.4, -0.2) is 34.3 Å². The smallest absolute Gasteiger partial charge is 0.407 e. The maximum absolute atomic E-state index is 13.2. The Bertz CT molecular complexity index is 500. The third kappa shape index (κ3) is 6.70. The molecule has 0 fully saturated rings. The van der Waals surface area contributed by atoms with Crippen molar-refractivity contribution in [3.63, 3.8) is 0 Å². The molecule has 0 spiro atoms. The van der Waals surface area contributed by atoms with Gasteiger partial charge in [-0.05, 0) is 44.9 Å². The first-order chi connectivity index (χ1) is 10.1. The fourth-order valence-corrected chi connectivity index (χ4v) is 2.28. The molecule has 7 heteroatoms. The van der Waals surface area contributed by atoms with E-state index in [1.54, 1.807) is 20.8 Å². The lowest BCUT2D eigenvalue weighted by Gasteiger charge is -2.26. The summed E-state index contributed by atoms with van der Waals surface area (Å²) in [6.07, 6.45) is -1.56. The number of benzene rings is 1. The molecule has 2 atom stereocenters. The summed E-state index contributed by atoms with van der Waals surface area (Å²) in [4.78, 5) is 11.8. The molecule has 0 aliphatic heterocycles. The van der Waals surface area contributed by atoms with Gasteiger partial charge >= 0.3 is 6.09 Å². The van der Waals surface area contributed by atoms with E-state index in [2.05, 4.69) is 21.2 Å². The normalized spacial score (nSPS) is 14.3. The van der Waals surface area contributed by atoms with Crippen molar-refractivity contribution < 1.29 is 23.4 Å². The third-order valence-electron chi connectivity index (χ3n) is 2.70. The number of amides is 1. The van der Waals surface area contributed by atoms with E-state index in [9.17, 15) is 18.7 Å². The SMILES string of the molecule is CC(C)(C)OC(=O)N[C@@H](Cc1cc(F)cc(F)c1)[C@H](O)CBr. The Hall–Kier alpha value is -1.21. The fourth-order valence-electron chi connectivity index (χ4n) is 1.83. The predicted molar refractivity (Wildman–Crippen MR) is 83.0 cm³/mol. The third-order valence-corrected chi connectivity index (χ3v) is 3.37. The van der Waals surface area contributed by atoms with E-state index in [4.69, 9.17) is 4.74 Å². The molecule has 0 bridgehead atoms. The Kier molecular flexibility index (Phi) is 6.74. The Morgan fingerprint density at radius 2 is 1.86 bits per heavy atom. The standard InChI is InChI=1S/C15H20BrF2NO3/c1-15(2,3)22-14(21)19-12(13(20)8-16)6-9-4-10(17)7-11(18)5-9/h4-5,7,12-13,20H,6,8H2,1-3H3,(H,19,21)/t12-,13+/m0/s1. The average molecular weight is 380 g/mol. The van der Waals surface area contributed by atoms with Gasteiger partial charge in [0.15, 0.2) is 0 Å². The molecule has 0 radical (unpaired) electrons. The van der Waals surface area contributed by atoms with Crippen LogP contribution in [0, 0.1) is 11.6 Å². The van der Waals surface area contributed by atoms with Crippen LogP contribution in [-0.2, 0) is 11.2 Å². The lowest BCUT2D eigenvalue weighted by Crippen LogP contribution is -2.47. The van der Waals surface area contributed by atoms with E-state index >= 15 is 0 Å². The maximum Gasteiger partial charge on any atom is 0.407 e. The molecule has 124 valence electrons. The van der Waals surface area contributed by atoms with Gasteiger partial charge in [0.25, 0.3) is 0 Å². The molecule has 0 saturated heterocycles. The summed E-state index contributed by atoms with van der Waals surface area (Å²) in [5.41, 5.74) is -0.350. The van der Waals surface area contributed by atoms with Crippen molar-refractivity contribution in [2.75, 3.05) is 5.33 Å². The van der Waals surface area contributed by atoms with E-state index < -0.39 is 35.5 Å². The van der Waals surface area contributed by atoms with Crippen molar-refractivity contribution in [2.45, 2.75) is 44.9 Å². The Labute approximate surface area is 137 Å². The number of halogens is 3. The molecule has 0 aliphatic rings. The second-order valence-electron chi connectivity index (χ2n) is 5.96. The van der Waals surface area contributed by atoms with Crippen molar-refractivity contribution in [2.24, 2.45) is 0 Å². The van der Waals surface area contributed by atoms with Crippen LogP contribution in [0.3, 0.4) is 0 Å². The summed E-state index contributed by atoms with van der Waals surface area (Å²) >= 11 is 3.12. The second kappa shape index (κ2) is 7.87. The fraction of sp³-hybridized carbons (Fsp3) is 0.533. The van der Waals surface area contributed by atoms with E-state index in [-0.39, 0.29) is 11.8 Å². The molecule has 0 unspecified atom stereocenters. The molecular weight excluding hydrogens is 360 g/mol. The molecule has 0 saturated carbocycles. The minimum Gasteiger partial charge on any atom is -0.444 e. The summed E-state index contributed by atoms with van der Waals surface area (Å²) in [5, 5.41) is 12.7. The minimum atomic E-state index is -0.932. The van der Waals surface area contributed by atoms with Gasteiger partial charge < -0.3 is 15.2 Å². The van der Waals surface area contributed by atoms with Gasteiger partial charge in [0, 0.05) is 11.4 Å². The van der Waals surface area contributed by atoms with Crippen molar-refractivity contribution in [1.82, 2.24) is 5.32 Å². The lowest BCUT2D eigenvalue weighted by molar-refractivity contribution is 0.0442. The van der Waals surface area contributed by atoms with Crippen LogP contribution in [0.2, 0.25) is 0 Å². The Morgan fingerprint density at radius 3 is 2.32 bits per heavy atom. The van der Waals surface area contributed by atoms with Crippen molar-refractivity contribution in [3.8, 4) is 0 Å². The highest BCUT2D eigenvalue weighted by Crippen LogP contribution is 2.14. The second-order valence-corrected chi connectivity index (χ2v) is 6.60. The molecule has 0 aliphatic carbocycles. The first kappa shape index (κ1) is 18.8. The van der Waals surface area contributed by atoms with Crippen LogP contribution in [0.25, 0.3) is 0 Å². The highest BCUT2D eigenvalue weighted by Gasteiger charge is 2.24. The van der Waals surface area contributed by atoms with Crippen molar-refractivity contribution >= 4 is 22.0 Å². The van der Waals surface area contributed by atoms with Gasteiger partial charge in [0.2, 0.25) is 0 Å². The topological polar surface area (TPSA) is 58.6 Å².